The molecule has 36 heavy (non-hydrogen) atoms. The van der Waals surface area contributed by atoms with E-state index in [0.717, 1.165) is 12.1 Å². The molecule has 2 aromatic rings. The third-order valence-electron chi connectivity index (χ3n) is 6.77. The average molecular weight is 505 g/mol. The largest absolute Gasteiger partial charge is 0.496 e. The molecule has 1 saturated heterocycles. The van der Waals surface area contributed by atoms with E-state index in [9.17, 15) is 22.4 Å². The first-order valence-electron chi connectivity index (χ1n) is 11.7. The van der Waals surface area contributed by atoms with E-state index in [4.69, 9.17) is 9.47 Å². The molecule has 0 radical (unpaired) electrons. The third kappa shape index (κ3) is 4.96. The van der Waals surface area contributed by atoms with E-state index in [2.05, 4.69) is 4.99 Å². The Morgan fingerprint density at radius 1 is 1.19 bits per heavy atom. The molecule has 2 aliphatic heterocycles. The van der Waals surface area contributed by atoms with Crippen molar-refractivity contribution in [2.24, 2.45) is 10.9 Å². The lowest BCUT2D eigenvalue weighted by Gasteiger charge is -2.26. The van der Waals surface area contributed by atoms with Gasteiger partial charge < -0.3 is 9.47 Å². The lowest BCUT2D eigenvalue weighted by atomic mass is 9.91. The molecule has 2 heterocycles. The Bertz CT molecular complexity index is 1210. The monoisotopic (exact) mass is 504 g/mol. The first kappa shape index (κ1) is 25.7. The predicted octanol–water partition coefficient (Wildman–Crippen LogP) is 6.96. The number of rotatable bonds is 6. The molecule has 0 spiro atoms. The molecular weight excluding hydrogens is 476 g/mol. The van der Waals surface area contributed by atoms with Crippen molar-refractivity contribution in [3.8, 4) is 16.9 Å². The number of carbonyl (C=O) groups excluding carboxylic acids is 1. The Labute approximate surface area is 207 Å². The fourth-order valence-corrected chi connectivity index (χ4v) is 4.75. The zero-order valence-corrected chi connectivity index (χ0v) is 20.5. The normalized spacial score (nSPS) is 21.9. The molecule has 0 aliphatic carbocycles. The number of hydrogen-bond donors (Lipinski definition) is 0. The van der Waals surface area contributed by atoms with E-state index in [1.54, 1.807) is 18.5 Å². The van der Waals surface area contributed by atoms with Crippen LogP contribution < -0.4 is 4.74 Å². The highest BCUT2D eigenvalue weighted by Crippen LogP contribution is 2.40. The maximum absolute atomic E-state index is 14.6. The molecule has 0 aromatic heterocycles. The second-order valence-corrected chi connectivity index (χ2v) is 9.39. The van der Waals surface area contributed by atoms with Crippen molar-refractivity contribution in [1.29, 1.82) is 0 Å². The number of nitrogens with zero attached hydrogens (tertiary/aromatic N) is 2. The second kappa shape index (κ2) is 9.95. The topological polar surface area (TPSA) is 51.1 Å². The van der Waals surface area contributed by atoms with Crippen LogP contribution >= 0.6 is 0 Å². The maximum Gasteiger partial charge on any atom is 0.416 e. The zero-order valence-electron chi connectivity index (χ0n) is 20.5. The summed E-state index contributed by atoms with van der Waals surface area (Å²) in [5, 5.41) is 0. The average Bonchev–Trinajstić information content (AvgIpc) is 3.12. The van der Waals surface area contributed by atoms with Crippen molar-refractivity contribution in [3.05, 3.63) is 65.1 Å². The number of amides is 1. The van der Waals surface area contributed by atoms with E-state index in [-0.39, 0.29) is 35.7 Å². The molecular formula is C27H28F4N2O3. The van der Waals surface area contributed by atoms with Crippen molar-refractivity contribution in [2.45, 2.75) is 58.0 Å². The summed E-state index contributed by atoms with van der Waals surface area (Å²) in [5.41, 5.74) is 0.713. The zero-order chi connectivity index (χ0) is 26.2. The molecule has 2 aliphatic rings. The Morgan fingerprint density at radius 3 is 2.56 bits per heavy atom. The van der Waals surface area contributed by atoms with Crippen molar-refractivity contribution >= 4 is 12.3 Å². The highest BCUT2D eigenvalue weighted by atomic mass is 19.4. The summed E-state index contributed by atoms with van der Waals surface area (Å²) in [4.78, 5) is 18.3. The van der Waals surface area contributed by atoms with Crippen LogP contribution in [0.2, 0.25) is 0 Å². The molecule has 0 bridgehead atoms. The molecule has 9 heteroatoms. The highest BCUT2D eigenvalue weighted by Gasteiger charge is 2.43. The molecule has 1 unspecified atom stereocenters. The molecule has 3 atom stereocenters. The Balaban J connectivity index is 1.78. The summed E-state index contributed by atoms with van der Waals surface area (Å²) >= 11 is 0. The Hall–Kier alpha value is -3.36. The molecule has 1 fully saturated rings. The van der Waals surface area contributed by atoms with Gasteiger partial charge in [0.05, 0.1) is 25.3 Å². The second-order valence-electron chi connectivity index (χ2n) is 9.39. The minimum atomic E-state index is -4.57. The van der Waals surface area contributed by atoms with E-state index < -0.39 is 29.8 Å². The van der Waals surface area contributed by atoms with Crippen LogP contribution in [0.5, 0.6) is 5.75 Å². The van der Waals surface area contributed by atoms with Crippen LogP contribution in [0, 0.1) is 11.7 Å². The predicted molar refractivity (Wildman–Crippen MR) is 128 cm³/mol. The fourth-order valence-electron chi connectivity index (χ4n) is 4.75. The van der Waals surface area contributed by atoms with Gasteiger partial charge in [0, 0.05) is 30.0 Å². The van der Waals surface area contributed by atoms with Crippen LogP contribution in [-0.4, -0.2) is 36.5 Å². The van der Waals surface area contributed by atoms with Crippen LogP contribution in [-0.2, 0) is 17.5 Å². The third-order valence-corrected chi connectivity index (χ3v) is 6.77. The summed E-state index contributed by atoms with van der Waals surface area (Å²) in [6.07, 6.45) is 0.232. The van der Waals surface area contributed by atoms with Crippen LogP contribution in [0.3, 0.4) is 0 Å². The smallest absolute Gasteiger partial charge is 0.416 e. The van der Waals surface area contributed by atoms with Gasteiger partial charge in [-0.1, -0.05) is 26.0 Å². The number of carbonyl (C=O) groups is 1. The van der Waals surface area contributed by atoms with Crippen molar-refractivity contribution in [3.63, 3.8) is 0 Å². The van der Waals surface area contributed by atoms with Crippen LogP contribution in [0.15, 0.2) is 47.6 Å². The molecule has 192 valence electrons. The van der Waals surface area contributed by atoms with Crippen LogP contribution in [0.25, 0.3) is 11.1 Å². The quantitative estimate of drug-likeness (QED) is 0.400. The molecule has 0 N–H and O–H groups in total. The molecule has 5 nitrogen and oxygen atoms in total. The number of ether oxygens (including phenoxy) is 2. The SMILES string of the molecule is COc1cc(F)c(C(C)C)cc1-c1ccc(C(F)(F)F)cc1CN1C(=O)O[C@H](C2C=CN=CC2)[C@@H]1C. The van der Waals surface area contributed by atoms with Gasteiger partial charge in [-0.2, -0.15) is 13.2 Å². The lowest BCUT2D eigenvalue weighted by Crippen LogP contribution is -2.37. The standard InChI is InChI=1S/C27H28F4N2O3/c1-15(2)21-12-22(24(35-4)13-23(21)28)20-6-5-19(27(29,30)31)11-18(20)14-33-16(3)25(36-26(33)34)17-7-9-32-10-8-17/h5-7,9-13,15-17,25H,8,14H2,1-4H3/t16-,17?,25-/m0/s1. The summed E-state index contributed by atoms with van der Waals surface area (Å²) in [7, 11) is 1.38. The van der Waals surface area contributed by atoms with Gasteiger partial charge in [-0.05, 0) is 54.2 Å². The van der Waals surface area contributed by atoms with Crippen LogP contribution in [0.1, 0.15) is 49.8 Å². The van der Waals surface area contributed by atoms with E-state index in [0.29, 0.717) is 23.1 Å². The van der Waals surface area contributed by atoms with Gasteiger partial charge in [-0.3, -0.25) is 9.89 Å². The first-order chi connectivity index (χ1) is 17.0. The summed E-state index contributed by atoms with van der Waals surface area (Å²) < 4.78 is 66.6. The van der Waals surface area contributed by atoms with E-state index in [1.165, 1.54) is 24.1 Å². The van der Waals surface area contributed by atoms with Gasteiger partial charge in [0.1, 0.15) is 17.7 Å². The van der Waals surface area contributed by atoms with Crippen LogP contribution in [0.4, 0.5) is 22.4 Å². The molecule has 1 amide bonds. The Kier molecular flexibility index (Phi) is 7.11. The van der Waals surface area contributed by atoms with Gasteiger partial charge in [0.25, 0.3) is 0 Å². The number of methoxy groups -OCH3 is 1. The summed E-state index contributed by atoms with van der Waals surface area (Å²) in [6, 6.07) is 5.83. The van der Waals surface area contributed by atoms with Gasteiger partial charge in [-0.25, -0.2) is 9.18 Å². The van der Waals surface area contributed by atoms with Crippen molar-refractivity contribution in [2.75, 3.05) is 7.11 Å². The maximum atomic E-state index is 14.6. The minimum absolute atomic E-state index is 0.0711. The number of halogens is 4. The van der Waals surface area contributed by atoms with E-state index in [1.807, 2.05) is 26.8 Å². The van der Waals surface area contributed by atoms with E-state index >= 15 is 0 Å². The number of hydrogen-bond acceptors (Lipinski definition) is 4. The number of benzene rings is 2. The van der Waals surface area contributed by atoms with Gasteiger partial charge >= 0.3 is 12.3 Å². The van der Waals surface area contributed by atoms with Crippen molar-refractivity contribution in [1.82, 2.24) is 4.90 Å². The summed E-state index contributed by atoms with van der Waals surface area (Å²) in [5.74, 6) is -0.491. The number of cyclic esters (lactones) is 1. The highest BCUT2D eigenvalue weighted by molar-refractivity contribution is 5.76. The molecule has 0 saturated carbocycles. The lowest BCUT2D eigenvalue weighted by molar-refractivity contribution is -0.137. The van der Waals surface area contributed by atoms with Crippen molar-refractivity contribution < 1.29 is 31.8 Å². The minimum Gasteiger partial charge on any atom is -0.496 e. The van der Waals surface area contributed by atoms with Gasteiger partial charge in [-0.15, -0.1) is 0 Å². The first-order valence-corrected chi connectivity index (χ1v) is 11.7. The molecule has 2 aromatic carbocycles. The summed E-state index contributed by atoms with van der Waals surface area (Å²) in [6.45, 7) is 5.36. The van der Waals surface area contributed by atoms with Gasteiger partial charge in [0.2, 0.25) is 0 Å². The Morgan fingerprint density at radius 2 is 1.94 bits per heavy atom. The van der Waals surface area contributed by atoms with Gasteiger partial charge in [0.15, 0.2) is 0 Å². The molecule has 4 rings (SSSR count). The number of alkyl halides is 3. The fraction of sp³-hybridized carbons (Fsp3) is 0.407. The number of aliphatic imine (C=N–C) groups is 1.